The standard InChI is InChI=1S/C28H22F3N7O.C8H8O3/c1-17-5-6-19(10-25(17)37-27-33-9-7-24(36-27)20-4-3-8-32-14-20)26(39)35-22-11-21(28(29,30)31)12-23(13-22)38-15-18(2)34-16-38;9-7(8(10)11)6-4-2-1-3-5-6/h3-16H,1-2H3,(H,35,39)(H,33,36,37);1-5,7,9H,(H,10,11). The molecular formula is C36H30F3N7O4. The molecular weight excluding hydrogens is 651 g/mol. The number of carbonyl (C=O) groups is 2. The maximum atomic E-state index is 13.6. The fourth-order valence-electron chi connectivity index (χ4n) is 4.65. The summed E-state index contributed by atoms with van der Waals surface area (Å²) in [6, 6.07) is 22.0. The third-order valence-corrected chi connectivity index (χ3v) is 7.22. The van der Waals surface area contributed by atoms with Crippen molar-refractivity contribution in [2.45, 2.75) is 26.1 Å². The number of carboxylic acid groups (broad SMARTS) is 1. The maximum absolute atomic E-state index is 13.6. The van der Waals surface area contributed by atoms with E-state index in [1.54, 1.807) is 92.4 Å². The van der Waals surface area contributed by atoms with Crippen LogP contribution in [0.15, 0.2) is 116 Å². The van der Waals surface area contributed by atoms with Crippen LogP contribution in [0.4, 0.5) is 30.5 Å². The predicted molar refractivity (Wildman–Crippen MR) is 180 cm³/mol. The van der Waals surface area contributed by atoms with Crippen molar-refractivity contribution in [3.63, 3.8) is 0 Å². The first-order valence-corrected chi connectivity index (χ1v) is 15.0. The molecule has 6 aromatic rings. The number of alkyl halides is 3. The van der Waals surface area contributed by atoms with Gasteiger partial charge in [0.15, 0.2) is 6.10 Å². The smallest absolute Gasteiger partial charge is 0.416 e. The molecule has 3 aromatic carbocycles. The van der Waals surface area contributed by atoms with Crippen LogP contribution in [0.2, 0.25) is 0 Å². The van der Waals surface area contributed by atoms with E-state index in [-0.39, 0.29) is 16.9 Å². The number of pyridine rings is 1. The molecule has 1 unspecified atom stereocenters. The lowest BCUT2D eigenvalue weighted by Gasteiger charge is -2.14. The van der Waals surface area contributed by atoms with Crippen molar-refractivity contribution >= 4 is 29.2 Å². The number of nitrogens with zero attached hydrogens (tertiary/aromatic N) is 5. The number of aryl methyl sites for hydroxylation is 2. The monoisotopic (exact) mass is 681 g/mol. The Bertz CT molecular complexity index is 2110. The van der Waals surface area contributed by atoms with Gasteiger partial charge in [-0.2, -0.15) is 13.2 Å². The highest BCUT2D eigenvalue weighted by Crippen LogP contribution is 2.33. The van der Waals surface area contributed by atoms with Crippen LogP contribution in [-0.4, -0.2) is 46.6 Å². The van der Waals surface area contributed by atoms with Gasteiger partial charge < -0.3 is 25.4 Å². The summed E-state index contributed by atoms with van der Waals surface area (Å²) in [5.41, 5.74) is 3.50. The Hall–Kier alpha value is -6.41. The van der Waals surface area contributed by atoms with Crippen molar-refractivity contribution < 1.29 is 33.0 Å². The van der Waals surface area contributed by atoms with Crippen LogP contribution < -0.4 is 10.6 Å². The summed E-state index contributed by atoms with van der Waals surface area (Å²) >= 11 is 0. The Kier molecular flexibility index (Phi) is 10.6. The minimum Gasteiger partial charge on any atom is -0.479 e. The van der Waals surface area contributed by atoms with E-state index in [0.29, 0.717) is 28.6 Å². The second-order valence-electron chi connectivity index (χ2n) is 11.0. The highest BCUT2D eigenvalue weighted by atomic mass is 19.4. The molecule has 0 radical (unpaired) electrons. The molecule has 0 saturated carbocycles. The average molecular weight is 682 g/mol. The van der Waals surface area contributed by atoms with E-state index < -0.39 is 29.7 Å². The highest BCUT2D eigenvalue weighted by Gasteiger charge is 2.31. The summed E-state index contributed by atoms with van der Waals surface area (Å²) in [6.07, 6.45) is 1.98. The summed E-state index contributed by atoms with van der Waals surface area (Å²) in [5, 5.41) is 23.1. The van der Waals surface area contributed by atoms with Crippen molar-refractivity contribution in [2.75, 3.05) is 10.6 Å². The van der Waals surface area contributed by atoms with Gasteiger partial charge in [0.2, 0.25) is 5.95 Å². The molecule has 6 rings (SSSR count). The molecule has 3 aromatic heterocycles. The molecule has 0 aliphatic heterocycles. The predicted octanol–water partition coefficient (Wildman–Crippen LogP) is 7.16. The summed E-state index contributed by atoms with van der Waals surface area (Å²) in [4.78, 5) is 40.3. The zero-order valence-electron chi connectivity index (χ0n) is 26.6. The van der Waals surface area contributed by atoms with Crippen molar-refractivity contribution in [2.24, 2.45) is 0 Å². The number of halogens is 3. The molecule has 0 saturated heterocycles. The zero-order chi connectivity index (χ0) is 35.8. The van der Waals surface area contributed by atoms with Crippen LogP contribution in [0.3, 0.4) is 0 Å². The number of benzene rings is 3. The van der Waals surface area contributed by atoms with Crippen molar-refractivity contribution in [3.05, 3.63) is 144 Å². The van der Waals surface area contributed by atoms with Gasteiger partial charge in [-0.25, -0.2) is 19.7 Å². The number of aromatic nitrogens is 5. The number of anilines is 3. The number of hydrogen-bond acceptors (Lipinski definition) is 8. The van der Waals surface area contributed by atoms with Crippen LogP contribution >= 0.6 is 0 Å². The van der Waals surface area contributed by atoms with Gasteiger partial charge >= 0.3 is 12.1 Å². The summed E-state index contributed by atoms with van der Waals surface area (Å²) in [5.74, 6) is -1.48. The van der Waals surface area contributed by atoms with Gasteiger partial charge in [-0.05, 0) is 73.5 Å². The van der Waals surface area contributed by atoms with Crippen molar-refractivity contribution in [1.82, 2.24) is 24.5 Å². The van der Waals surface area contributed by atoms with Crippen LogP contribution in [-0.2, 0) is 11.0 Å². The number of nitrogens with one attached hydrogen (secondary N) is 2. The SMILES string of the molecule is Cc1cn(-c2cc(NC(=O)c3ccc(C)c(Nc4nccc(-c5cccnc5)n4)c3)cc(C(F)(F)F)c2)cn1.O=C(O)C(O)c1ccccc1. The van der Waals surface area contributed by atoms with Crippen molar-refractivity contribution in [3.8, 4) is 16.9 Å². The third kappa shape index (κ3) is 8.93. The molecule has 0 aliphatic carbocycles. The normalized spacial score (nSPS) is 11.6. The number of carboxylic acids is 1. The number of amides is 1. The molecule has 1 amide bonds. The van der Waals surface area contributed by atoms with Gasteiger partial charge in [-0.1, -0.05) is 36.4 Å². The van der Waals surface area contributed by atoms with Gasteiger partial charge in [0.25, 0.3) is 5.91 Å². The fourth-order valence-corrected chi connectivity index (χ4v) is 4.65. The molecule has 0 fully saturated rings. The minimum absolute atomic E-state index is 0.00114. The summed E-state index contributed by atoms with van der Waals surface area (Å²) < 4.78 is 42.3. The number of rotatable bonds is 8. The Morgan fingerprint density at radius 3 is 2.34 bits per heavy atom. The molecule has 0 aliphatic rings. The Labute approximate surface area is 284 Å². The van der Waals surface area contributed by atoms with E-state index in [2.05, 4.69) is 30.6 Å². The quantitative estimate of drug-likeness (QED) is 0.131. The van der Waals surface area contributed by atoms with E-state index in [0.717, 1.165) is 23.3 Å². The number of aliphatic carboxylic acids is 1. The summed E-state index contributed by atoms with van der Waals surface area (Å²) in [7, 11) is 0. The summed E-state index contributed by atoms with van der Waals surface area (Å²) in [6.45, 7) is 3.58. The lowest BCUT2D eigenvalue weighted by atomic mass is 10.1. The molecule has 14 heteroatoms. The van der Waals surface area contributed by atoms with Crippen molar-refractivity contribution in [1.29, 1.82) is 0 Å². The number of hydrogen-bond donors (Lipinski definition) is 4. The Morgan fingerprint density at radius 1 is 0.900 bits per heavy atom. The zero-order valence-corrected chi connectivity index (χ0v) is 26.6. The van der Waals surface area contributed by atoms with Crippen LogP contribution in [0.25, 0.3) is 16.9 Å². The van der Waals surface area contributed by atoms with E-state index in [9.17, 15) is 22.8 Å². The number of aliphatic hydroxyl groups excluding tert-OH is 1. The van der Waals surface area contributed by atoms with Crippen LogP contribution in [0, 0.1) is 13.8 Å². The molecule has 11 nitrogen and oxygen atoms in total. The lowest BCUT2D eigenvalue weighted by molar-refractivity contribution is -0.147. The molecule has 0 bridgehead atoms. The van der Waals surface area contributed by atoms with Gasteiger partial charge in [0, 0.05) is 53.0 Å². The fraction of sp³-hybridized carbons (Fsp3) is 0.111. The van der Waals surface area contributed by atoms with E-state index >= 15 is 0 Å². The van der Waals surface area contributed by atoms with Gasteiger partial charge in [0.1, 0.15) is 0 Å². The van der Waals surface area contributed by atoms with E-state index in [4.69, 9.17) is 10.2 Å². The Morgan fingerprint density at radius 2 is 1.68 bits per heavy atom. The van der Waals surface area contributed by atoms with E-state index in [1.165, 1.54) is 17.0 Å². The molecule has 50 heavy (non-hydrogen) atoms. The van der Waals surface area contributed by atoms with Gasteiger partial charge in [0.05, 0.1) is 23.3 Å². The topological polar surface area (TPSA) is 155 Å². The highest BCUT2D eigenvalue weighted by molar-refractivity contribution is 6.05. The van der Waals surface area contributed by atoms with Gasteiger partial charge in [-0.15, -0.1) is 0 Å². The minimum atomic E-state index is -4.60. The average Bonchev–Trinajstić information content (AvgIpc) is 3.55. The largest absolute Gasteiger partial charge is 0.479 e. The number of aliphatic hydroxyl groups is 1. The first-order valence-electron chi connectivity index (χ1n) is 15.0. The number of imidazole rings is 1. The molecule has 0 spiro atoms. The second-order valence-corrected chi connectivity index (χ2v) is 11.0. The maximum Gasteiger partial charge on any atom is 0.416 e. The van der Waals surface area contributed by atoms with E-state index in [1.807, 2.05) is 13.0 Å². The first-order chi connectivity index (χ1) is 23.9. The molecule has 1 atom stereocenters. The molecule has 3 heterocycles. The Balaban J connectivity index is 0.000000377. The lowest BCUT2D eigenvalue weighted by Crippen LogP contribution is -2.14. The van der Waals surface area contributed by atoms with Gasteiger partial charge in [-0.3, -0.25) is 9.78 Å². The number of carbonyl (C=O) groups excluding carboxylic acids is 1. The third-order valence-electron chi connectivity index (χ3n) is 7.22. The van der Waals surface area contributed by atoms with Crippen LogP contribution in [0.1, 0.15) is 38.8 Å². The second kappa shape index (κ2) is 15.2. The first kappa shape index (κ1) is 34.9. The molecule has 4 N–H and O–H groups in total. The molecule has 254 valence electrons. The van der Waals surface area contributed by atoms with Crippen LogP contribution in [0.5, 0.6) is 0 Å².